The Labute approximate surface area is 182 Å². The molecule has 30 heavy (non-hydrogen) atoms. The Kier molecular flexibility index (Phi) is 6.48. The first-order chi connectivity index (χ1) is 14.2. The molecule has 0 aliphatic carbocycles. The molecule has 5 nitrogen and oxygen atoms in total. The number of amides is 1. The van der Waals surface area contributed by atoms with Gasteiger partial charge in [0.25, 0.3) is 10.0 Å². The van der Waals surface area contributed by atoms with Crippen LogP contribution in [0.1, 0.15) is 16.7 Å². The third kappa shape index (κ3) is 5.01. The molecule has 0 aromatic heterocycles. The molecule has 3 aromatic rings. The molecule has 1 amide bonds. The van der Waals surface area contributed by atoms with Crippen LogP contribution >= 0.6 is 11.6 Å². The zero-order valence-electron chi connectivity index (χ0n) is 17.0. The number of nitrogens with one attached hydrogen (secondary N) is 1. The molecule has 0 unspecified atom stereocenters. The molecule has 0 bridgehead atoms. The molecule has 0 fully saturated rings. The third-order valence-electron chi connectivity index (χ3n) is 4.67. The van der Waals surface area contributed by atoms with Crippen molar-refractivity contribution in [2.24, 2.45) is 0 Å². The van der Waals surface area contributed by atoms with Crippen molar-refractivity contribution in [2.45, 2.75) is 25.7 Å². The second kappa shape index (κ2) is 8.90. The lowest BCUT2D eigenvalue weighted by atomic mass is 10.2. The van der Waals surface area contributed by atoms with E-state index in [9.17, 15) is 13.2 Å². The summed E-state index contributed by atoms with van der Waals surface area (Å²) < 4.78 is 27.8. The second-order valence-corrected chi connectivity index (χ2v) is 9.44. The zero-order chi connectivity index (χ0) is 21.9. The van der Waals surface area contributed by atoms with Gasteiger partial charge in [0.2, 0.25) is 5.91 Å². The highest BCUT2D eigenvalue weighted by Crippen LogP contribution is 2.25. The van der Waals surface area contributed by atoms with Crippen molar-refractivity contribution in [3.8, 4) is 0 Å². The van der Waals surface area contributed by atoms with E-state index in [0.29, 0.717) is 16.4 Å². The Morgan fingerprint density at radius 3 is 2.03 bits per heavy atom. The van der Waals surface area contributed by atoms with Gasteiger partial charge in [-0.25, -0.2) is 8.42 Å². The second-order valence-electron chi connectivity index (χ2n) is 7.17. The summed E-state index contributed by atoms with van der Waals surface area (Å²) in [5, 5.41) is 3.25. The lowest BCUT2D eigenvalue weighted by molar-refractivity contribution is -0.114. The van der Waals surface area contributed by atoms with Gasteiger partial charge in [0, 0.05) is 10.7 Å². The van der Waals surface area contributed by atoms with E-state index in [2.05, 4.69) is 5.32 Å². The number of sulfonamides is 1. The number of aryl methyl sites for hydroxylation is 3. The number of hydrogen-bond donors (Lipinski definition) is 1. The van der Waals surface area contributed by atoms with Crippen molar-refractivity contribution in [2.75, 3.05) is 16.2 Å². The first-order valence-corrected chi connectivity index (χ1v) is 11.2. The fourth-order valence-electron chi connectivity index (χ4n) is 2.87. The maximum atomic E-state index is 13.3. The molecule has 0 atom stereocenters. The van der Waals surface area contributed by atoms with Crippen LogP contribution in [0.25, 0.3) is 0 Å². The SMILES string of the molecule is Cc1ccc(N(CC(=O)Nc2ccc(C)c(Cl)c2)S(=O)(=O)c2ccc(C)cc2)cc1. The maximum absolute atomic E-state index is 13.3. The minimum absolute atomic E-state index is 0.125. The fraction of sp³-hybridized carbons (Fsp3) is 0.174. The Hall–Kier alpha value is -2.83. The van der Waals surface area contributed by atoms with E-state index >= 15 is 0 Å². The molecular formula is C23H23ClN2O3S. The Balaban J connectivity index is 1.93. The molecule has 0 spiro atoms. The minimum Gasteiger partial charge on any atom is -0.324 e. The molecule has 156 valence electrons. The van der Waals surface area contributed by atoms with E-state index in [-0.39, 0.29) is 11.4 Å². The van der Waals surface area contributed by atoms with Crippen molar-refractivity contribution in [3.63, 3.8) is 0 Å². The van der Waals surface area contributed by atoms with Gasteiger partial charge in [-0.15, -0.1) is 0 Å². The monoisotopic (exact) mass is 442 g/mol. The number of hydrogen-bond acceptors (Lipinski definition) is 3. The van der Waals surface area contributed by atoms with Gasteiger partial charge in [0.1, 0.15) is 6.54 Å². The predicted octanol–water partition coefficient (Wildman–Crippen LogP) is 5.10. The molecule has 0 radical (unpaired) electrons. The predicted molar refractivity (Wildman–Crippen MR) is 122 cm³/mol. The summed E-state index contributed by atoms with van der Waals surface area (Å²) in [6.45, 7) is 5.29. The van der Waals surface area contributed by atoms with Gasteiger partial charge in [-0.1, -0.05) is 53.1 Å². The number of halogens is 1. The van der Waals surface area contributed by atoms with E-state index in [1.54, 1.807) is 54.6 Å². The van der Waals surface area contributed by atoms with Crippen LogP contribution in [-0.4, -0.2) is 20.9 Å². The largest absolute Gasteiger partial charge is 0.324 e. The topological polar surface area (TPSA) is 66.5 Å². The summed E-state index contributed by atoms with van der Waals surface area (Å²) >= 11 is 6.12. The molecular weight excluding hydrogens is 420 g/mol. The van der Waals surface area contributed by atoms with E-state index in [1.165, 1.54) is 0 Å². The van der Waals surface area contributed by atoms with Crippen LogP contribution in [0, 0.1) is 20.8 Å². The molecule has 7 heteroatoms. The van der Waals surface area contributed by atoms with Gasteiger partial charge in [0.15, 0.2) is 0 Å². The number of benzene rings is 3. The van der Waals surface area contributed by atoms with Crippen LogP contribution in [0.5, 0.6) is 0 Å². The molecule has 0 aliphatic rings. The Morgan fingerprint density at radius 1 is 0.900 bits per heavy atom. The highest BCUT2D eigenvalue weighted by Gasteiger charge is 2.27. The molecule has 0 heterocycles. The molecule has 0 aliphatic heterocycles. The number of carbonyl (C=O) groups is 1. The summed E-state index contributed by atoms with van der Waals surface area (Å²) in [7, 11) is -3.94. The number of rotatable bonds is 6. The average Bonchev–Trinajstić information content (AvgIpc) is 2.70. The number of carbonyl (C=O) groups excluding carboxylic acids is 1. The highest BCUT2D eigenvalue weighted by atomic mass is 35.5. The lowest BCUT2D eigenvalue weighted by Crippen LogP contribution is -2.38. The first kappa shape index (κ1) is 21.9. The van der Waals surface area contributed by atoms with Crippen molar-refractivity contribution in [1.82, 2.24) is 0 Å². The minimum atomic E-state index is -3.94. The van der Waals surface area contributed by atoms with Crippen molar-refractivity contribution >= 4 is 38.9 Å². The molecule has 0 saturated heterocycles. The van der Waals surface area contributed by atoms with Crippen molar-refractivity contribution < 1.29 is 13.2 Å². The summed E-state index contributed by atoms with van der Waals surface area (Å²) in [5.41, 5.74) is 3.75. The van der Waals surface area contributed by atoms with Crippen LogP contribution in [0.2, 0.25) is 5.02 Å². The fourth-order valence-corrected chi connectivity index (χ4v) is 4.47. The van der Waals surface area contributed by atoms with Crippen LogP contribution in [-0.2, 0) is 14.8 Å². The summed E-state index contributed by atoms with van der Waals surface area (Å²) in [6, 6.07) is 18.7. The van der Waals surface area contributed by atoms with Crippen molar-refractivity contribution in [1.29, 1.82) is 0 Å². The quantitative estimate of drug-likeness (QED) is 0.577. The summed E-state index contributed by atoms with van der Waals surface area (Å²) in [4.78, 5) is 12.9. The highest BCUT2D eigenvalue weighted by molar-refractivity contribution is 7.92. The Morgan fingerprint density at radius 2 is 1.47 bits per heavy atom. The standard InChI is InChI=1S/C23H23ClN2O3S/c1-16-4-10-20(11-5-16)26(30(28,29)21-12-6-17(2)7-13-21)15-23(27)25-19-9-8-18(3)22(24)14-19/h4-14H,15H2,1-3H3,(H,25,27). The van der Waals surface area contributed by atoms with E-state index < -0.39 is 15.9 Å². The number of nitrogens with zero attached hydrogens (tertiary/aromatic N) is 1. The van der Waals surface area contributed by atoms with Crippen LogP contribution in [0.3, 0.4) is 0 Å². The van der Waals surface area contributed by atoms with E-state index in [0.717, 1.165) is 21.0 Å². The lowest BCUT2D eigenvalue weighted by Gasteiger charge is -2.24. The molecule has 1 N–H and O–H groups in total. The smallest absolute Gasteiger partial charge is 0.264 e. The average molecular weight is 443 g/mol. The summed E-state index contributed by atoms with van der Waals surface area (Å²) in [5.74, 6) is -0.466. The van der Waals surface area contributed by atoms with Gasteiger partial charge in [-0.3, -0.25) is 9.10 Å². The molecule has 3 rings (SSSR count). The van der Waals surface area contributed by atoms with E-state index in [1.807, 2.05) is 32.9 Å². The van der Waals surface area contributed by atoms with Gasteiger partial charge in [0.05, 0.1) is 10.6 Å². The van der Waals surface area contributed by atoms with Gasteiger partial charge in [-0.05, 0) is 62.7 Å². The van der Waals surface area contributed by atoms with Crippen molar-refractivity contribution in [3.05, 3.63) is 88.4 Å². The maximum Gasteiger partial charge on any atom is 0.264 e. The first-order valence-electron chi connectivity index (χ1n) is 9.39. The van der Waals surface area contributed by atoms with Gasteiger partial charge in [-0.2, -0.15) is 0 Å². The normalized spacial score (nSPS) is 11.2. The van der Waals surface area contributed by atoms with E-state index in [4.69, 9.17) is 11.6 Å². The van der Waals surface area contributed by atoms with Crippen LogP contribution < -0.4 is 9.62 Å². The van der Waals surface area contributed by atoms with Crippen LogP contribution in [0.4, 0.5) is 11.4 Å². The molecule has 0 saturated carbocycles. The van der Waals surface area contributed by atoms with Gasteiger partial charge < -0.3 is 5.32 Å². The molecule has 3 aromatic carbocycles. The van der Waals surface area contributed by atoms with Crippen LogP contribution in [0.15, 0.2) is 71.6 Å². The number of anilines is 2. The third-order valence-corrected chi connectivity index (χ3v) is 6.87. The van der Waals surface area contributed by atoms with Gasteiger partial charge >= 0.3 is 0 Å². The Bertz CT molecular complexity index is 1160. The summed E-state index contributed by atoms with van der Waals surface area (Å²) in [6.07, 6.45) is 0. The zero-order valence-corrected chi connectivity index (χ0v) is 18.6.